The number of H-pyrrole nitrogens is 1. The van der Waals surface area contributed by atoms with Gasteiger partial charge in [0, 0.05) is 12.7 Å². The molecular formula is C11H13IN4O. The monoisotopic (exact) mass is 344 g/mol. The van der Waals surface area contributed by atoms with Crippen LogP contribution in [0.5, 0.6) is 0 Å². The summed E-state index contributed by atoms with van der Waals surface area (Å²) in [4.78, 5) is 19.0. The lowest BCUT2D eigenvalue weighted by Crippen LogP contribution is -2.15. The van der Waals surface area contributed by atoms with Gasteiger partial charge in [0.25, 0.3) is 5.56 Å². The van der Waals surface area contributed by atoms with Gasteiger partial charge in [0.1, 0.15) is 5.82 Å². The van der Waals surface area contributed by atoms with Crippen molar-refractivity contribution in [2.75, 3.05) is 0 Å². The summed E-state index contributed by atoms with van der Waals surface area (Å²) in [6, 6.07) is 0. The topological polar surface area (TPSA) is 63.6 Å². The van der Waals surface area contributed by atoms with Crippen molar-refractivity contribution in [1.29, 1.82) is 0 Å². The van der Waals surface area contributed by atoms with Gasteiger partial charge in [-0.25, -0.2) is 4.98 Å². The molecule has 0 aliphatic rings. The molecule has 2 aromatic rings. The second kappa shape index (κ2) is 4.25. The first-order valence-corrected chi connectivity index (χ1v) is 6.26. The molecule has 0 amide bonds. The maximum absolute atomic E-state index is 11.7. The Balaban J connectivity index is 2.73. The van der Waals surface area contributed by atoms with Crippen molar-refractivity contribution in [1.82, 2.24) is 19.7 Å². The van der Waals surface area contributed by atoms with Gasteiger partial charge in [0.2, 0.25) is 0 Å². The highest BCUT2D eigenvalue weighted by Crippen LogP contribution is 2.22. The van der Waals surface area contributed by atoms with Gasteiger partial charge in [-0.2, -0.15) is 5.10 Å². The van der Waals surface area contributed by atoms with Crippen LogP contribution in [0.15, 0.2) is 4.79 Å². The summed E-state index contributed by atoms with van der Waals surface area (Å²) in [5, 5.41) is 4.32. The van der Waals surface area contributed by atoms with Gasteiger partial charge in [-0.1, -0.05) is 0 Å². The van der Waals surface area contributed by atoms with Crippen molar-refractivity contribution >= 4 is 22.6 Å². The molecule has 0 bridgehead atoms. The molecule has 0 spiro atoms. The summed E-state index contributed by atoms with van der Waals surface area (Å²) in [7, 11) is 1.88. The molecule has 0 saturated carbocycles. The van der Waals surface area contributed by atoms with Crippen molar-refractivity contribution in [2.45, 2.75) is 20.8 Å². The number of hydrogen-bond acceptors (Lipinski definition) is 3. The molecule has 2 rings (SSSR count). The van der Waals surface area contributed by atoms with Crippen LogP contribution in [0.1, 0.15) is 17.1 Å². The lowest BCUT2D eigenvalue weighted by molar-refractivity contribution is 0.731. The van der Waals surface area contributed by atoms with Crippen molar-refractivity contribution in [2.24, 2.45) is 7.05 Å². The van der Waals surface area contributed by atoms with E-state index in [2.05, 4.69) is 15.1 Å². The average molecular weight is 344 g/mol. The number of halogens is 1. The molecule has 0 unspecified atom stereocenters. The fraction of sp³-hybridized carbons (Fsp3) is 0.364. The zero-order valence-corrected chi connectivity index (χ0v) is 12.3. The summed E-state index contributed by atoms with van der Waals surface area (Å²) >= 11 is 2.00. The second-order valence-corrected chi connectivity index (χ2v) is 5.06. The molecule has 0 atom stereocenters. The predicted molar refractivity (Wildman–Crippen MR) is 74.0 cm³/mol. The van der Waals surface area contributed by atoms with Gasteiger partial charge in [-0.15, -0.1) is 0 Å². The van der Waals surface area contributed by atoms with Crippen LogP contribution in [0.3, 0.4) is 0 Å². The molecule has 5 nitrogen and oxygen atoms in total. The summed E-state index contributed by atoms with van der Waals surface area (Å²) in [6.07, 6.45) is 0. The van der Waals surface area contributed by atoms with Crippen LogP contribution in [0, 0.1) is 24.3 Å². The standard InChI is InChI=1S/C11H13IN4O/c1-5-8(7(3)16(4)15-5)10-13-6(2)9(12)11(17)14-10/h1-4H3,(H,13,14,17). The maximum atomic E-state index is 11.7. The molecule has 1 N–H and O–H groups in total. The zero-order valence-electron chi connectivity index (χ0n) is 10.1. The number of aryl methyl sites for hydroxylation is 3. The van der Waals surface area contributed by atoms with E-state index in [1.807, 2.05) is 50.4 Å². The van der Waals surface area contributed by atoms with E-state index in [0.717, 1.165) is 22.6 Å². The largest absolute Gasteiger partial charge is 0.305 e. The minimum Gasteiger partial charge on any atom is -0.305 e. The Kier molecular flexibility index (Phi) is 3.07. The number of nitrogens with zero attached hydrogens (tertiary/aromatic N) is 3. The van der Waals surface area contributed by atoms with E-state index in [-0.39, 0.29) is 5.56 Å². The Morgan fingerprint density at radius 1 is 1.24 bits per heavy atom. The Morgan fingerprint density at radius 3 is 2.35 bits per heavy atom. The van der Waals surface area contributed by atoms with Gasteiger partial charge in [0.05, 0.1) is 20.5 Å². The molecule has 17 heavy (non-hydrogen) atoms. The zero-order chi connectivity index (χ0) is 12.7. The molecule has 2 heterocycles. The van der Waals surface area contributed by atoms with E-state index >= 15 is 0 Å². The van der Waals surface area contributed by atoms with Gasteiger partial charge >= 0.3 is 0 Å². The number of aromatic nitrogens is 4. The van der Waals surface area contributed by atoms with Crippen LogP contribution in [-0.2, 0) is 7.05 Å². The normalized spacial score (nSPS) is 10.9. The summed E-state index contributed by atoms with van der Waals surface area (Å²) in [5.74, 6) is 0.594. The molecule has 90 valence electrons. The summed E-state index contributed by atoms with van der Waals surface area (Å²) in [5.41, 5.74) is 3.41. The van der Waals surface area contributed by atoms with E-state index in [1.165, 1.54) is 0 Å². The third-order valence-electron chi connectivity index (χ3n) is 2.77. The van der Waals surface area contributed by atoms with E-state index in [9.17, 15) is 4.79 Å². The number of aromatic amines is 1. The van der Waals surface area contributed by atoms with Crippen molar-refractivity contribution in [3.05, 3.63) is 31.0 Å². The highest BCUT2D eigenvalue weighted by atomic mass is 127. The van der Waals surface area contributed by atoms with Gasteiger partial charge in [-0.05, 0) is 43.4 Å². The molecule has 2 aromatic heterocycles. The predicted octanol–water partition coefficient (Wildman–Crippen LogP) is 1.70. The Bertz CT molecular complexity index is 642. The lowest BCUT2D eigenvalue weighted by atomic mass is 10.2. The molecular weight excluding hydrogens is 331 g/mol. The van der Waals surface area contributed by atoms with Crippen molar-refractivity contribution < 1.29 is 0 Å². The van der Waals surface area contributed by atoms with Crippen molar-refractivity contribution in [3.63, 3.8) is 0 Å². The molecule has 0 aliphatic heterocycles. The van der Waals surface area contributed by atoms with Crippen molar-refractivity contribution in [3.8, 4) is 11.4 Å². The molecule has 0 saturated heterocycles. The van der Waals surface area contributed by atoms with Crippen LogP contribution in [0.4, 0.5) is 0 Å². The third-order valence-corrected chi connectivity index (χ3v) is 4.04. The van der Waals surface area contributed by atoms with E-state index in [0.29, 0.717) is 9.39 Å². The van der Waals surface area contributed by atoms with E-state index < -0.39 is 0 Å². The minimum atomic E-state index is -0.101. The van der Waals surface area contributed by atoms with Crippen LogP contribution < -0.4 is 5.56 Å². The highest BCUT2D eigenvalue weighted by molar-refractivity contribution is 14.1. The van der Waals surface area contributed by atoms with Crippen LogP contribution >= 0.6 is 22.6 Å². The Labute approximate surface area is 112 Å². The SMILES string of the molecule is Cc1nn(C)c(C)c1-c1nc(C)c(I)c(=O)[nH]1. The maximum Gasteiger partial charge on any atom is 0.264 e. The first-order chi connectivity index (χ1) is 7.91. The molecule has 0 fully saturated rings. The Morgan fingerprint density at radius 2 is 1.88 bits per heavy atom. The fourth-order valence-electron chi connectivity index (χ4n) is 1.81. The minimum absolute atomic E-state index is 0.101. The summed E-state index contributed by atoms with van der Waals surface area (Å²) < 4.78 is 2.42. The second-order valence-electron chi connectivity index (χ2n) is 3.98. The van der Waals surface area contributed by atoms with Gasteiger partial charge < -0.3 is 4.98 Å². The number of rotatable bonds is 1. The summed E-state index contributed by atoms with van der Waals surface area (Å²) in [6.45, 7) is 5.71. The third kappa shape index (κ3) is 2.01. The highest BCUT2D eigenvalue weighted by Gasteiger charge is 2.15. The quantitative estimate of drug-likeness (QED) is 0.801. The van der Waals surface area contributed by atoms with Crippen LogP contribution in [-0.4, -0.2) is 19.7 Å². The van der Waals surface area contributed by atoms with E-state index in [4.69, 9.17) is 0 Å². The molecule has 0 radical (unpaired) electrons. The smallest absolute Gasteiger partial charge is 0.264 e. The Hall–Kier alpha value is -1.18. The number of hydrogen-bond donors (Lipinski definition) is 1. The fourth-order valence-corrected chi connectivity index (χ4v) is 2.06. The lowest BCUT2D eigenvalue weighted by Gasteiger charge is -2.04. The molecule has 6 heteroatoms. The molecule has 0 aliphatic carbocycles. The average Bonchev–Trinajstić information content (AvgIpc) is 2.49. The van der Waals surface area contributed by atoms with E-state index in [1.54, 1.807) is 4.68 Å². The molecule has 0 aromatic carbocycles. The van der Waals surface area contributed by atoms with Crippen LogP contribution in [0.2, 0.25) is 0 Å². The van der Waals surface area contributed by atoms with Gasteiger partial charge in [0.15, 0.2) is 0 Å². The first-order valence-electron chi connectivity index (χ1n) is 5.18. The van der Waals surface area contributed by atoms with Gasteiger partial charge in [-0.3, -0.25) is 9.48 Å². The first kappa shape index (κ1) is 12.3. The number of nitrogens with one attached hydrogen (secondary N) is 1. The van der Waals surface area contributed by atoms with Crippen LogP contribution in [0.25, 0.3) is 11.4 Å².